The summed E-state index contributed by atoms with van der Waals surface area (Å²) in [5.74, 6) is -4.08. The summed E-state index contributed by atoms with van der Waals surface area (Å²) < 4.78 is 35.6. The van der Waals surface area contributed by atoms with Crippen molar-refractivity contribution in [1.82, 2.24) is 25.4 Å². The zero-order valence-electron chi connectivity index (χ0n) is 30.2. The SMILES string of the molecule is COC(=O)C[C@H](Br)C(=O)NCC(=O)NCCNC(=O)[C@@H](N)CCN(C(=O)CO)[C@@H](c1cc(-c2cc(F)ccc2F)cn1Cc1ccccc1)C(C)(C)C. The lowest BCUT2D eigenvalue weighted by Crippen LogP contribution is -2.48. The molecule has 4 amide bonds. The molecule has 1 heterocycles. The minimum atomic E-state index is -1.07. The molecule has 53 heavy (non-hydrogen) atoms. The number of esters is 1. The van der Waals surface area contributed by atoms with Gasteiger partial charge in [0.2, 0.25) is 23.6 Å². The van der Waals surface area contributed by atoms with Gasteiger partial charge >= 0.3 is 5.97 Å². The number of aliphatic hydroxyl groups excluding tert-OH is 1. The predicted octanol–water partition coefficient (Wildman–Crippen LogP) is 2.78. The van der Waals surface area contributed by atoms with Gasteiger partial charge in [-0.1, -0.05) is 67.0 Å². The number of ether oxygens (including phenoxy) is 1. The van der Waals surface area contributed by atoms with Crippen molar-refractivity contribution >= 4 is 45.5 Å². The molecule has 3 atom stereocenters. The second-order valence-corrected chi connectivity index (χ2v) is 14.5. The Labute approximate surface area is 315 Å². The lowest BCUT2D eigenvalue weighted by atomic mass is 9.82. The van der Waals surface area contributed by atoms with E-state index < -0.39 is 70.2 Å². The zero-order chi connectivity index (χ0) is 39.3. The van der Waals surface area contributed by atoms with Crippen molar-refractivity contribution in [2.75, 3.05) is 39.9 Å². The molecule has 1 aromatic heterocycles. The Balaban J connectivity index is 1.72. The maximum atomic E-state index is 15.0. The number of aliphatic hydroxyl groups is 1. The van der Waals surface area contributed by atoms with Crippen LogP contribution in [0.1, 0.15) is 50.9 Å². The number of carbonyl (C=O) groups excluding carboxylic acids is 5. The number of nitrogens with two attached hydrogens (primary N) is 1. The number of rotatable bonds is 18. The molecule has 0 spiro atoms. The second-order valence-electron chi connectivity index (χ2n) is 13.4. The first-order chi connectivity index (χ1) is 25.0. The van der Waals surface area contributed by atoms with Gasteiger partial charge in [-0.25, -0.2) is 8.78 Å². The molecule has 0 radical (unpaired) electrons. The van der Waals surface area contributed by atoms with Crippen molar-refractivity contribution in [2.24, 2.45) is 11.1 Å². The van der Waals surface area contributed by atoms with Gasteiger partial charge in [0.05, 0.1) is 32.2 Å². The summed E-state index contributed by atoms with van der Waals surface area (Å²) in [6.45, 7) is 4.91. The van der Waals surface area contributed by atoms with Crippen LogP contribution in [0.15, 0.2) is 60.8 Å². The lowest BCUT2D eigenvalue weighted by Gasteiger charge is -2.41. The molecule has 3 aromatic rings. The first-order valence-electron chi connectivity index (χ1n) is 16.9. The van der Waals surface area contributed by atoms with Crippen LogP contribution in [-0.2, 0) is 35.3 Å². The number of methoxy groups -OCH3 is 1. The topological polar surface area (TPSA) is 185 Å². The number of alkyl halides is 1. The van der Waals surface area contributed by atoms with Crippen LogP contribution in [0.25, 0.3) is 11.1 Å². The minimum Gasteiger partial charge on any atom is -0.469 e. The second kappa shape index (κ2) is 20.0. The van der Waals surface area contributed by atoms with E-state index in [0.717, 1.165) is 23.8 Å². The third-order valence-electron chi connectivity index (χ3n) is 8.28. The Hall–Kier alpha value is -4.67. The fraction of sp³-hybridized carbons (Fsp3) is 0.432. The van der Waals surface area contributed by atoms with Crippen LogP contribution in [0.2, 0.25) is 0 Å². The maximum Gasteiger partial charge on any atom is 0.307 e. The van der Waals surface area contributed by atoms with E-state index in [1.54, 1.807) is 12.3 Å². The van der Waals surface area contributed by atoms with Crippen LogP contribution in [-0.4, -0.2) is 94.9 Å². The van der Waals surface area contributed by atoms with Gasteiger partial charge in [0.25, 0.3) is 0 Å². The van der Waals surface area contributed by atoms with Crippen LogP contribution in [0, 0.1) is 17.0 Å². The van der Waals surface area contributed by atoms with Gasteiger partial charge < -0.3 is 41.0 Å². The molecule has 0 saturated heterocycles. The molecule has 16 heteroatoms. The van der Waals surface area contributed by atoms with Crippen molar-refractivity contribution in [1.29, 1.82) is 0 Å². The van der Waals surface area contributed by atoms with Gasteiger partial charge in [0, 0.05) is 49.2 Å². The van der Waals surface area contributed by atoms with Gasteiger partial charge in [-0.3, -0.25) is 24.0 Å². The first-order valence-corrected chi connectivity index (χ1v) is 17.9. The van der Waals surface area contributed by atoms with Crippen LogP contribution < -0.4 is 21.7 Å². The number of nitrogens with zero attached hydrogens (tertiary/aromatic N) is 2. The summed E-state index contributed by atoms with van der Waals surface area (Å²) in [7, 11) is 1.19. The predicted molar refractivity (Wildman–Crippen MR) is 197 cm³/mol. The fourth-order valence-electron chi connectivity index (χ4n) is 5.69. The number of hydrogen-bond acceptors (Lipinski definition) is 8. The van der Waals surface area contributed by atoms with Crippen LogP contribution in [0.4, 0.5) is 8.78 Å². The third kappa shape index (κ3) is 12.8. The monoisotopic (exact) mass is 804 g/mol. The molecule has 2 aromatic carbocycles. The van der Waals surface area contributed by atoms with E-state index in [0.29, 0.717) is 17.8 Å². The average Bonchev–Trinajstić information content (AvgIpc) is 3.52. The quantitative estimate of drug-likeness (QED) is 0.0739. The Bertz CT molecular complexity index is 1730. The smallest absolute Gasteiger partial charge is 0.307 e. The van der Waals surface area contributed by atoms with E-state index in [4.69, 9.17) is 5.73 Å². The summed E-state index contributed by atoms with van der Waals surface area (Å²) in [4.78, 5) is 62.3. The molecule has 0 saturated carbocycles. The molecule has 6 N–H and O–H groups in total. The summed E-state index contributed by atoms with van der Waals surface area (Å²) in [5, 5.41) is 17.6. The summed E-state index contributed by atoms with van der Waals surface area (Å²) in [6.07, 6.45) is 1.50. The van der Waals surface area contributed by atoms with Crippen molar-refractivity contribution in [2.45, 2.75) is 57.1 Å². The normalized spacial score (nSPS) is 13.0. The number of halogens is 3. The van der Waals surface area contributed by atoms with E-state index in [2.05, 4.69) is 36.6 Å². The Morgan fingerprint density at radius 3 is 2.30 bits per heavy atom. The maximum absolute atomic E-state index is 15.0. The highest BCUT2D eigenvalue weighted by Gasteiger charge is 2.37. The largest absolute Gasteiger partial charge is 0.469 e. The van der Waals surface area contributed by atoms with Crippen LogP contribution >= 0.6 is 15.9 Å². The molecule has 3 rings (SSSR count). The number of nitrogens with one attached hydrogen (secondary N) is 3. The Morgan fingerprint density at radius 2 is 1.66 bits per heavy atom. The van der Waals surface area contributed by atoms with Crippen molar-refractivity contribution in [3.8, 4) is 11.1 Å². The van der Waals surface area contributed by atoms with Crippen molar-refractivity contribution < 1.29 is 42.6 Å². The summed E-state index contributed by atoms with van der Waals surface area (Å²) >= 11 is 3.06. The molecule has 0 aliphatic heterocycles. The molecule has 13 nitrogen and oxygen atoms in total. The van der Waals surface area contributed by atoms with Gasteiger partial charge in [0.15, 0.2) is 0 Å². The summed E-state index contributed by atoms with van der Waals surface area (Å²) in [5.41, 5.74) is 7.54. The summed E-state index contributed by atoms with van der Waals surface area (Å²) in [6, 6.07) is 12.6. The average molecular weight is 806 g/mol. The minimum absolute atomic E-state index is 0.00655. The standard InChI is InChI=1S/C37H47BrF2N6O7/c1-37(2,3)34(30-16-24(26-17-25(39)10-11-28(26)40)21-45(30)20-23-8-6-5-7-9-23)46(32(49)22-47)15-12-29(41)36(52)43-14-13-42-31(48)19-44-35(51)27(38)18-33(50)53-4/h5-11,16-17,21,27,29,34,47H,12-15,18-20,22,41H2,1-4H3,(H,42,48)(H,43,52)(H,44,51)/t27-,29-,34-/m0/s1. The number of aromatic nitrogens is 1. The molecule has 0 fully saturated rings. The number of hydrogen-bond donors (Lipinski definition) is 5. The molecule has 288 valence electrons. The fourth-order valence-corrected chi connectivity index (χ4v) is 6.12. The molecule has 0 aliphatic rings. The van der Waals surface area contributed by atoms with Crippen LogP contribution in [0.5, 0.6) is 0 Å². The van der Waals surface area contributed by atoms with Gasteiger partial charge in [-0.2, -0.15) is 0 Å². The van der Waals surface area contributed by atoms with Gasteiger partial charge in [0.1, 0.15) is 23.1 Å². The molecular weight excluding hydrogens is 758 g/mol. The first kappa shape index (κ1) is 42.7. The van der Waals surface area contributed by atoms with Gasteiger partial charge in [-0.15, -0.1) is 0 Å². The van der Waals surface area contributed by atoms with Crippen molar-refractivity contribution in [3.05, 3.63) is 83.7 Å². The highest BCUT2D eigenvalue weighted by molar-refractivity contribution is 9.10. The zero-order valence-corrected chi connectivity index (χ0v) is 31.8. The highest BCUT2D eigenvalue weighted by atomic mass is 79.9. The van der Waals surface area contributed by atoms with E-state index in [9.17, 15) is 37.9 Å². The molecule has 0 aliphatic carbocycles. The van der Waals surface area contributed by atoms with Crippen molar-refractivity contribution in [3.63, 3.8) is 0 Å². The van der Waals surface area contributed by atoms with Crippen LogP contribution in [0.3, 0.4) is 0 Å². The van der Waals surface area contributed by atoms with Gasteiger partial charge in [-0.05, 0) is 41.7 Å². The van der Waals surface area contributed by atoms with E-state index >= 15 is 0 Å². The third-order valence-corrected chi connectivity index (χ3v) is 9.02. The molecule has 0 bridgehead atoms. The molecule has 0 unspecified atom stereocenters. The van der Waals surface area contributed by atoms with E-state index in [-0.39, 0.29) is 44.6 Å². The number of amides is 4. The molecular formula is C37H47BrF2N6O7. The number of benzene rings is 2. The Kier molecular flexibility index (Phi) is 16.1. The number of carbonyl (C=O) groups is 5. The highest BCUT2D eigenvalue weighted by Crippen LogP contribution is 2.41. The Morgan fingerprint density at radius 1 is 0.981 bits per heavy atom. The van der Waals surface area contributed by atoms with E-state index in [1.807, 2.05) is 55.7 Å². The van der Waals surface area contributed by atoms with E-state index in [1.165, 1.54) is 12.0 Å². The lowest BCUT2D eigenvalue weighted by molar-refractivity contribution is -0.141.